The summed E-state index contributed by atoms with van der Waals surface area (Å²) in [6.45, 7) is 5.34. The number of hydrogen-bond acceptors (Lipinski definition) is 5. The van der Waals surface area contributed by atoms with Crippen LogP contribution in [0.1, 0.15) is 29.8 Å². The van der Waals surface area contributed by atoms with Crippen LogP contribution in [0.3, 0.4) is 0 Å². The molecule has 0 aliphatic carbocycles. The van der Waals surface area contributed by atoms with Crippen molar-refractivity contribution in [3.8, 4) is 5.75 Å². The highest BCUT2D eigenvalue weighted by Gasteiger charge is 2.21. The fourth-order valence-electron chi connectivity index (χ4n) is 3.77. The zero-order valence-electron chi connectivity index (χ0n) is 19.8. The van der Waals surface area contributed by atoms with E-state index >= 15 is 0 Å². The molecule has 0 fully saturated rings. The molecule has 0 atom stereocenters. The second kappa shape index (κ2) is 10.6. The minimum atomic E-state index is -3.70. The van der Waals surface area contributed by atoms with Crippen LogP contribution in [-0.2, 0) is 23.1 Å². The summed E-state index contributed by atoms with van der Waals surface area (Å²) in [6.07, 6.45) is 0. The zero-order chi connectivity index (χ0) is 25.0. The van der Waals surface area contributed by atoms with E-state index in [9.17, 15) is 13.2 Å². The SMILES string of the molecule is CCOc1cccc2sc(=NC(=O)c3ccc(S(=O)(=O)N(C)Cc4ccccc4)cc3)n(CC)c12. The Bertz CT molecular complexity index is 1510. The fourth-order valence-corrected chi connectivity index (χ4v) is 6.04. The molecule has 0 N–H and O–H groups in total. The van der Waals surface area contributed by atoms with Crippen LogP contribution < -0.4 is 9.54 Å². The van der Waals surface area contributed by atoms with Crippen molar-refractivity contribution in [2.75, 3.05) is 13.7 Å². The van der Waals surface area contributed by atoms with E-state index < -0.39 is 15.9 Å². The lowest BCUT2D eigenvalue weighted by atomic mass is 10.2. The number of benzene rings is 3. The highest BCUT2D eigenvalue weighted by molar-refractivity contribution is 7.89. The van der Waals surface area contributed by atoms with E-state index in [4.69, 9.17) is 4.74 Å². The van der Waals surface area contributed by atoms with Crippen LogP contribution in [0.4, 0.5) is 0 Å². The van der Waals surface area contributed by atoms with Gasteiger partial charge in [-0.25, -0.2) is 8.42 Å². The molecule has 0 unspecified atom stereocenters. The van der Waals surface area contributed by atoms with Gasteiger partial charge in [0.05, 0.1) is 16.2 Å². The maximum atomic E-state index is 13.0. The molecule has 0 saturated carbocycles. The normalized spacial score (nSPS) is 12.4. The summed E-state index contributed by atoms with van der Waals surface area (Å²) in [5.41, 5.74) is 2.13. The maximum absolute atomic E-state index is 13.0. The molecule has 0 bridgehead atoms. The molecule has 0 aliphatic heterocycles. The van der Waals surface area contributed by atoms with Gasteiger partial charge in [0, 0.05) is 25.7 Å². The van der Waals surface area contributed by atoms with E-state index in [0.717, 1.165) is 21.5 Å². The predicted octanol–water partition coefficient (Wildman–Crippen LogP) is 4.68. The van der Waals surface area contributed by atoms with Gasteiger partial charge in [0.15, 0.2) is 4.80 Å². The Labute approximate surface area is 209 Å². The Kier molecular flexibility index (Phi) is 7.49. The Hall–Kier alpha value is -3.27. The Morgan fingerprint density at radius 3 is 2.37 bits per heavy atom. The molecule has 1 aromatic heterocycles. The molecule has 7 nitrogen and oxygen atoms in total. The predicted molar refractivity (Wildman–Crippen MR) is 138 cm³/mol. The van der Waals surface area contributed by atoms with E-state index in [1.807, 2.05) is 66.9 Å². The Morgan fingerprint density at radius 2 is 1.71 bits per heavy atom. The number of sulfonamides is 1. The third kappa shape index (κ3) is 5.22. The van der Waals surface area contributed by atoms with Gasteiger partial charge >= 0.3 is 0 Å². The molecule has 4 aromatic rings. The summed E-state index contributed by atoms with van der Waals surface area (Å²) < 4.78 is 36.0. The van der Waals surface area contributed by atoms with E-state index in [1.165, 1.54) is 47.0 Å². The second-order valence-electron chi connectivity index (χ2n) is 7.85. The smallest absolute Gasteiger partial charge is 0.279 e. The zero-order valence-corrected chi connectivity index (χ0v) is 21.5. The molecular weight excluding hydrogens is 482 g/mol. The van der Waals surface area contributed by atoms with Crippen molar-refractivity contribution in [3.63, 3.8) is 0 Å². The quantitative estimate of drug-likeness (QED) is 0.345. The monoisotopic (exact) mass is 509 g/mol. The number of thiazole rings is 1. The van der Waals surface area contributed by atoms with Crippen molar-refractivity contribution in [3.05, 3.63) is 88.7 Å². The average Bonchev–Trinajstić information content (AvgIpc) is 3.22. The lowest BCUT2D eigenvalue weighted by Gasteiger charge is -2.17. The number of fused-ring (bicyclic) bond motifs is 1. The fraction of sp³-hybridized carbons (Fsp3) is 0.231. The molecule has 182 valence electrons. The van der Waals surface area contributed by atoms with Gasteiger partial charge in [-0.1, -0.05) is 47.7 Å². The lowest BCUT2D eigenvalue weighted by Crippen LogP contribution is -2.26. The first-order valence-electron chi connectivity index (χ1n) is 11.3. The van der Waals surface area contributed by atoms with Gasteiger partial charge in [0.25, 0.3) is 5.91 Å². The maximum Gasteiger partial charge on any atom is 0.279 e. The first-order chi connectivity index (χ1) is 16.8. The molecule has 1 amide bonds. The van der Waals surface area contributed by atoms with Crippen molar-refractivity contribution < 1.29 is 17.9 Å². The molecule has 0 radical (unpaired) electrons. The summed E-state index contributed by atoms with van der Waals surface area (Å²) >= 11 is 1.42. The molecule has 4 rings (SSSR count). The van der Waals surface area contributed by atoms with Gasteiger partial charge in [-0.15, -0.1) is 0 Å². The topological polar surface area (TPSA) is 81.0 Å². The summed E-state index contributed by atoms with van der Waals surface area (Å²) in [5.74, 6) is 0.324. The number of amides is 1. The number of carbonyl (C=O) groups excluding carboxylic acids is 1. The highest BCUT2D eigenvalue weighted by Crippen LogP contribution is 2.27. The minimum Gasteiger partial charge on any atom is -0.492 e. The first-order valence-corrected chi connectivity index (χ1v) is 13.5. The van der Waals surface area contributed by atoms with Crippen molar-refractivity contribution in [2.24, 2.45) is 4.99 Å². The van der Waals surface area contributed by atoms with Crippen molar-refractivity contribution in [2.45, 2.75) is 31.8 Å². The van der Waals surface area contributed by atoms with Gasteiger partial charge in [-0.3, -0.25) is 4.79 Å². The number of carbonyl (C=O) groups is 1. The minimum absolute atomic E-state index is 0.124. The number of rotatable bonds is 8. The van der Waals surface area contributed by atoms with Crippen LogP contribution in [0.25, 0.3) is 10.2 Å². The number of aryl methyl sites for hydroxylation is 1. The molecule has 9 heteroatoms. The molecule has 35 heavy (non-hydrogen) atoms. The van der Waals surface area contributed by atoms with Crippen molar-refractivity contribution in [1.29, 1.82) is 0 Å². The van der Waals surface area contributed by atoms with Crippen LogP contribution in [0.2, 0.25) is 0 Å². The molecule has 0 saturated heterocycles. The van der Waals surface area contributed by atoms with Gasteiger partial charge in [-0.2, -0.15) is 9.30 Å². The average molecular weight is 510 g/mol. The number of aromatic nitrogens is 1. The van der Waals surface area contributed by atoms with E-state index in [2.05, 4.69) is 4.99 Å². The third-order valence-corrected chi connectivity index (χ3v) is 8.40. The molecule has 1 heterocycles. The van der Waals surface area contributed by atoms with E-state index in [0.29, 0.717) is 23.5 Å². The van der Waals surface area contributed by atoms with Crippen LogP contribution >= 0.6 is 11.3 Å². The molecular formula is C26H27N3O4S2. The second-order valence-corrected chi connectivity index (χ2v) is 10.9. The number of hydrogen-bond donors (Lipinski definition) is 0. The lowest BCUT2D eigenvalue weighted by molar-refractivity contribution is 0.0997. The molecule has 3 aromatic carbocycles. The van der Waals surface area contributed by atoms with E-state index in [1.54, 1.807) is 0 Å². The standard InChI is InChI=1S/C26H27N3O4S2/c1-4-29-24-22(33-5-2)12-9-13-23(24)34-26(29)27-25(30)20-14-16-21(17-15-20)35(31,32)28(3)18-19-10-7-6-8-11-19/h6-17H,4-5,18H2,1-3H3. The summed E-state index contributed by atoms with van der Waals surface area (Å²) in [7, 11) is -2.16. The van der Waals surface area contributed by atoms with Crippen molar-refractivity contribution >= 4 is 37.5 Å². The summed E-state index contributed by atoms with van der Waals surface area (Å²) in [6, 6.07) is 21.1. The largest absolute Gasteiger partial charge is 0.492 e. The van der Waals surface area contributed by atoms with Crippen LogP contribution in [0.15, 0.2) is 82.7 Å². The first kappa shape index (κ1) is 24.8. The van der Waals surface area contributed by atoms with Crippen LogP contribution in [0, 0.1) is 0 Å². The summed E-state index contributed by atoms with van der Waals surface area (Å²) in [4.78, 5) is 18.0. The third-order valence-electron chi connectivity index (χ3n) is 5.53. The van der Waals surface area contributed by atoms with Crippen LogP contribution in [0.5, 0.6) is 5.75 Å². The number of ether oxygens (including phenoxy) is 1. The Morgan fingerprint density at radius 1 is 1.00 bits per heavy atom. The highest BCUT2D eigenvalue weighted by atomic mass is 32.2. The van der Waals surface area contributed by atoms with E-state index in [-0.39, 0.29) is 11.4 Å². The number of nitrogens with zero attached hydrogens (tertiary/aromatic N) is 3. The van der Waals surface area contributed by atoms with Gasteiger partial charge in [-0.05, 0) is 55.8 Å². The van der Waals surface area contributed by atoms with Gasteiger partial charge in [0.1, 0.15) is 11.3 Å². The van der Waals surface area contributed by atoms with Crippen molar-refractivity contribution in [1.82, 2.24) is 8.87 Å². The summed E-state index contributed by atoms with van der Waals surface area (Å²) in [5, 5.41) is 0. The number of para-hydroxylation sites is 1. The Balaban J connectivity index is 1.61. The van der Waals surface area contributed by atoms with Gasteiger partial charge in [0.2, 0.25) is 10.0 Å². The molecule has 0 aliphatic rings. The van der Waals surface area contributed by atoms with Crippen LogP contribution in [-0.4, -0.2) is 36.9 Å². The molecule has 0 spiro atoms. The van der Waals surface area contributed by atoms with Gasteiger partial charge < -0.3 is 9.30 Å².